The van der Waals surface area contributed by atoms with Crippen molar-refractivity contribution in [2.45, 2.75) is 41.0 Å². The summed E-state index contributed by atoms with van der Waals surface area (Å²) in [4.78, 5) is 4.62. The fraction of sp³-hybridized carbons (Fsp3) is 1.00. The van der Waals surface area contributed by atoms with Crippen molar-refractivity contribution in [2.24, 2.45) is 5.92 Å². The van der Waals surface area contributed by atoms with Gasteiger partial charge in [0.2, 0.25) is 0 Å². The van der Waals surface area contributed by atoms with Gasteiger partial charge in [-0.1, -0.05) is 34.6 Å². The quantitative estimate of drug-likeness (QED) is 0.687. The van der Waals surface area contributed by atoms with Gasteiger partial charge in [-0.05, 0) is 26.4 Å². The molecular formula is C17H40N2O2. The predicted molar refractivity (Wildman–Crippen MR) is 93.1 cm³/mol. The van der Waals surface area contributed by atoms with Crippen LogP contribution in [0.3, 0.4) is 0 Å². The first-order valence-electron chi connectivity index (χ1n) is 8.71. The number of likely N-dealkylation sites (N-methyl/N-ethyl adjacent to an activating group) is 2. The second-order valence-electron chi connectivity index (χ2n) is 5.21. The Hall–Kier alpha value is -0.160. The molecule has 4 heteroatoms. The standard InChI is InChI=1S/C7H15NO.C6H13NO.2C2H6/c1-7-5-8(2)3-4-9-6-7;1-7-3-2-5-8-6-4-7;2*1-2/h7H,3-6H2,1-2H3;2-6H2,1H3;2*1-2H3. The molecule has 0 amide bonds. The number of nitrogens with zero attached hydrogens (tertiary/aromatic N) is 2. The lowest BCUT2D eigenvalue weighted by molar-refractivity contribution is 0.127. The highest BCUT2D eigenvalue weighted by atomic mass is 16.5. The minimum absolute atomic E-state index is 0.706. The van der Waals surface area contributed by atoms with Crippen molar-refractivity contribution < 1.29 is 9.47 Å². The van der Waals surface area contributed by atoms with Crippen LogP contribution in [0.4, 0.5) is 0 Å². The van der Waals surface area contributed by atoms with Gasteiger partial charge in [0.15, 0.2) is 0 Å². The Balaban J connectivity index is 0. The van der Waals surface area contributed by atoms with Gasteiger partial charge in [-0.15, -0.1) is 0 Å². The maximum Gasteiger partial charge on any atom is 0.0593 e. The highest BCUT2D eigenvalue weighted by molar-refractivity contribution is 4.61. The summed E-state index contributed by atoms with van der Waals surface area (Å²) in [6.07, 6.45) is 1.19. The molecular weight excluding hydrogens is 264 g/mol. The molecule has 0 saturated carbocycles. The normalized spacial score (nSPS) is 23.9. The van der Waals surface area contributed by atoms with E-state index in [0.29, 0.717) is 5.92 Å². The molecule has 0 spiro atoms. The van der Waals surface area contributed by atoms with Crippen molar-refractivity contribution in [2.75, 3.05) is 66.7 Å². The van der Waals surface area contributed by atoms with Crippen molar-refractivity contribution in [3.63, 3.8) is 0 Å². The maximum absolute atomic E-state index is 5.34. The first kappa shape index (κ1) is 23.1. The average molecular weight is 305 g/mol. The van der Waals surface area contributed by atoms with E-state index in [1.807, 2.05) is 27.7 Å². The smallest absolute Gasteiger partial charge is 0.0593 e. The van der Waals surface area contributed by atoms with Crippen LogP contribution in [-0.4, -0.2) is 76.5 Å². The Morgan fingerprint density at radius 3 is 2.00 bits per heavy atom. The van der Waals surface area contributed by atoms with E-state index in [2.05, 4.69) is 30.8 Å². The molecule has 0 aromatic heterocycles. The second-order valence-corrected chi connectivity index (χ2v) is 5.21. The highest BCUT2D eigenvalue weighted by Gasteiger charge is 2.10. The molecule has 0 bridgehead atoms. The van der Waals surface area contributed by atoms with Crippen LogP contribution in [0.1, 0.15) is 41.0 Å². The van der Waals surface area contributed by atoms with Gasteiger partial charge in [0.1, 0.15) is 0 Å². The molecule has 2 fully saturated rings. The minimum Gasteiger partial charge on any atom is -0.380 e. The number of ether oxygens (including phenoxy) is 2. The Morgan fingerprint density at radius 2 is 1.33 bits per heavy atom. The maximum atomic E-state index is 5.34. The molecule has 2 heterocycles. The molecule has 2 aliphatic rings. The van der Waals surface area contributed by atoms with E-state index in [4.69, 9.17) is 9.47 Å². The molecule has 0 aromatic rings. The molecule has 130 valence electrons. The number of hydrogen-bond acceptors (Lipinski definition) is 4. The van der Waals surface area contributed by atoms with Crippen LogP contribution in [0.5, 0.6) is 0 Å². The molecule has 2 rings (SSSR count). The molecule has 2 aliphatic heterocycles. The molecule has 2 saturated heterocycles. The van der Waals surface area contributed by atoms with Gasteiger partial charge in [-0.2, -0.15) is 0 Å². The lowest BCUT2D eigenvalue weighted by atomic mass is 10.2. The van der Waals surface area contributed by atoms with Crippen molar-refractivity contribution in [1.82, 2.24) is 9.80 Å². The van der Waals surface area contributed by atoms with E-state index in [0.717, 1.165) is 39.5 Å². The van der Waals surface area contributed by atoms with Crippen LogP contribution in [0, 0.1) is 5.92 Å². The summed E-state index contributed by atoms with van der Waals surface area (Å²) in [5.41, 5.74) is 0. The van der Waals surface area contributed by atoms with E-state index in [-0.39, 0.29) is 0 Å². The van der Waals surface area contributed by atoms with Crippen LogP contribution in [0.15, 0.2) is 0 Å². The second kappa shape index (κ2) is 17.9. The van der Waals surface area contributed by atoms with Gasteiger partial charge in [0.05, 0.1) is 19.8 Å². The van der Waals surface area contributed by atoms with Crippen molar-refractivity contribution >= 4 is 0 Å². The monoisotopic (exact) mass is 304 g/mol. The fourth-order valence-electron chi connectivity index (χ4n) is 2.05. The number of hydrogen-bond donors (Lipinski definition) is 0. The average Bonchev–Trinajstić information content (AvgIpc) is 2.86. The van der Waals surface area contributed by atoms with Crippen LogP contribution < -0.4 is 0 Å². The van der Waals surface area contributed by atoms with E-state index >= 15 is 0 Å². The van der Waals surface area contributed by atoms with Gasteiger partial charge in [0, 0.05) is 32.8 Å². The fourth-order valence-corrected chi connectivity index (χ4v) is 2.05. The zero-order chi connectivity index (χ0) is 16.5. The minimum atomic E-state index is 0.706. The molecule has 0 N–H and O–H groups in total. The Morgan fingerprint density at radius 1 is 0.762 bits per heavy atom. The first-order chi connectivity index (χ1) is 10.2. The molecule has 4 nitrogen and oxygen atoms in total. The Kier molecular flexibility index (Phi) is 19.7. The Bertz CT molecular complexity index is 174. The lowest BCUT2D eigenvalue weighted by Gasteiger charge is -2.13. The van der Waals surface area contributed by atoms with E-state index in [9.17, 15) is 0 Å². The highest BCUT2D eigenvalue weighted by Crippen LogP contribution is 2.02. The van der Waals surface area contributed by atoms with Crippen LogP contribution in [0.2, 0.25) is 0 Å². The van der Waals surface area contributed by atoms with Gasteiger partial charge in [0.25, 0.3) is 0 Å². The van der Waals surface area contributed by atoms with Crippen LogP contribution in [-0.2, 0) is 9.47 Å². The third kappa shape index (κ3) is 16.0. The largest absolute Gasteiger partial charge is 0.380 e. The van der Waals surface area contributed by atoms with Gasteiger partial charge < -0.3 is 19.3 Å². The summed E-state index contributed by atoms with van der Waals surface area (Å²) >= 11 is 0. The number of rotatable bonds is 0. The van der Waals surface area contributed by atoms with Crippen molar-refractivity contribution in [1.29, 1.82) is 0 Å². The van der Waals surface area contributed by atoms with Crippen LogP contribution >= 0.6 is 0 Å². The van der Waals surface area contributed by atoms with Gasteiger partial charge in [-0.25, -0.2) is 0 Å². The molecule has 21 heavy (non-hydrogen) atoms. The summed E-state index contributed by atoms with van der Waals surface area (Å²) in [5, 5.41) is 0. The van der Waals surface area contributed by atoms with Crippen molar-refractivity contribution in [3.05, 3.63) is 0 Å². The summed E-state index contributed by atoms with van der Waals surface area (Å²) < 4.78 is 10.6. The van der Waals surface area contributed by atoms with Crippen LogP contribution in [0.25, 0.3) is 0 Å². The predicted octanol–water partition coefficient (Wildman–Crippen LogP) is 2.98. The van der Waals surface area contributed by atoms with E-state index in [1.165, 1.54) is 19.5 Å². The zero-order valence-corrected chi connectivity index (χ0v) is 15.7. The zero-order valence-electron chi connectivity index (χ0n) is 15.7. The lowest BCUT2D eigenvalue weighted by Crippen LogP contribution is -2.24. The van der Waals surface area contributed by atoms with Crippen molar-refractivity contribution in [3.8, 4) is 0 Å². The molecule has 1 atom stereocenters. The SMILES string of the molecule is CC.CC.CC1COCCN(C)C1.CN1CCCOCC1. The summed E-state index contributed by atoms with van der Waals surface area (Å²) in [5.74, 6) is 0.706. The molecule has 0 radical (unpaired) electrons. The molecule has 1 unspecified atom stereocenters. The molecule has 0 aliphatic carbocycles. The van der Waals surface area contributed by atoms with Gasteiger partial charge in [-0.3, -0.25) is 0 Å². The third-order valence-corrected chi connectivity index (χ3v) is 3.09. The summed E-state index contributed by atoms with van der Waals surface area (Å²) in [6, 6.07) is 0. The summed E-state index contributed by atoms with van der Waals surface area (Å²) in [7, 11) is 4.28. The third-order valence-electron chi connectivity index (χ3n) is 3.09. The van der Waals surface area contributed by atoms with E-state index in [1.54, 1.807) is 0 Å². The Labute approximate surface area is 133 Å². The molecule has 0 aromatic carbocycles. The van der Waals surface area contributed by atoms with E-state index < -0.39 is 0 Å². The summed E-state index contributed by atoms with van der Waals surface area (Å²) in [6.45, 7) is 18.5. The van der Waals surface area contributed by atoms with Gasteiger partial charge >= 0.3 is 0 Å². The first-order valence-corrected chi connectivity index (χ1v) is 8.71. The topological polar surface area (TPSA) is 24.9 Å².